The van der Waals surface area contributed by atoms with Gasteiger partial charge in [-0.25, -0.2) is 4.79 Å². The lowest BCUT2D eigenvalue weighted by Crippen LogP contribution is -2.21. The molecule has 3 unspecified atom stereocenters. The predicted octanol–water partition coefficient (Wildman–Crippen LogP) is 11.5. The minimum atomic E-state index is -1.12. The van der Waals surface area contributed by atoms with Crippen LogP contribution in [0.3, 0.4) is 0 Å². The van der Waals surface area contributed by atoms with E-state index in [1.165, 1.54) is 13.2 Å². The van der Waals surface area contributed by atoms with Crippen molar-refractivity contribution >= 4 is 17.3 Å². The van der Waals surface area contributed by atoms with Gasteiger partial charge in [-0.05, 0) is 93.3 Å². The summed E-state index contributed by atoms with van der Waals surface area (Å²) in [5, 5.41) is 62.1. The Morgan fingerprint density at radius 1 is 0.493 bits per heavy atom. The van der Waals surface area contributed by atoms with E-state index < -0.39 is 24.3 Å². The van der Waals surface area contributed by atoms with Crippen LogP contribution < -0.4 is 19.3 Å². The third kappa shape index (κ3) is 15.9. The van der Waals surface area contributed by atoms with Crippen molar-refractivity contribution in [1.29, 1.82) is 0 Å². The first kappa shape index (κ1) is 56.6. The molecule has 6 aromatic rings. The zero-order chi connectivity index (χ0) is 49.6. The molecule has 372 valence electrons. The van der Waals surface area contributed by atoms with Gasteiger partial charge in [0.25, 0.3) is 0 Å². The van der Waals surface area contributed by atoms with Crippen molar-refractivity contribution in [3.05, 3.63) is 172 Å². The number of phenolic OH excluding ortho intramolecular Hbond substituents is 3. The van der Waals surface area contributed by atoms with E-state index in [9.17, 15) is 35.4 Å². The lowest BCUT2D eigenvalue weighted by atomic mass is 9.96. The zero-order valence-corrected chi connectivity index (χ0v) is 40.5. The van der Waals surface area contributed by atoms with E-state index in [-0.39, 0.29) is 24.7 Å². The first-order chi connectivity index (χ1) is 32.8. The summed E-state index contributed by atoms with van der Waals surface area (Å²) in [7, 11) is 3.13. The Hall–Kier alpha value is -6.73. The summed E-state index contributed by atoms with van der Waals surface area (Å²) < 4.78 is 15.5. The molecule has 12 nitrogen and oxygen atoms in total. The lowest BCUT2D eigenvalue weighted by Gasteiger charge is -2.23. The van der Waals surface area contributed by atoms with Gasteiger partial charge in [-0.2, -0.15) is 0 Å². The number of nitrogens with zero attached hydrogens (tertiary/aromatic N) is 2. The molecule has 0 aliphatic heterocycles. The molecule has 0 radical (unpaired) electrons. The molecule has 6 aromatic carbocycles. The number of carbonyl (C=O) groups is 1. The smallest absolute Gasteiger partial charge is 0.338 e. The molecule has 0 aliphatic rings. The second-order valence-electron chi connectivity index (χ2n) is 15.9. The highest BCUT2D eigenvalue weighted by Crippen LogP contribution is 2.36. The number of rotatable bonds is 20. The van der Waals surface area contributed by atoms with Crippen LogP contribution in [0.1, 0.15) is 130 Å². The van der Waals surface area contributed by atoms with Crippen molar-refractivity contribution in [2.75, 3.05) is 56.8 Å². The van der Waals surface area contributed by atoms with Crippen molar-refractivity contribution in [2.45, 2.75) is 86.0 Å². The fourth-order valence-corrected chi connectivity index (χ4v) is 7.62. The quantitative estimate of drug-likeness (QED) is 0.0316. The summed E-state index contributed by atoms with van der Waals surface area (Å²) in [6.07, 6.45) is 1.29. The molecule has 0 heterocycles. The number of esters is 1. The van der Waals surface area contributed by atoms with Gasteiger partial charge in [0, 0.05) is 72.4 Å². The highest BCUT2D eigenvalue weighted by Gasteiger charge is 2.23. The molecule has 69 heavy (non-hydrogen) atoms. The Morgan fingerprint density at radius 3 is 1.42 bits per heavy atom. The van der Waals surface area contributed by atoms with Gasteiger partial charge in [0.1, 0.15) is 47.1 Å². The Labute approximate surface area is 409 Å². The predicted molar refractivity (Wildman–Crippen MR) is 277 cm³/mol. The van der Waals surface area contributed by atoms with Gasteiger partial charge in [-0.15, -0.1) is 0 Å². The van der Waals surface area contributed by atoms with Crippen LogP contribution in [0.4, 0.5) is 11.4 Å². The highest BCUT2D eigenvalue weighted by atomic mass is 16.5. The van der Waals surface area contributed by atoms with Crippen LogP contribution in [-0.2, 0) is 4.74 Å². The van der Waals surface area contributed by atoms with E-state index in [1.54, 1.807) is 92.0 Å². The van der Waals surface area contributed by atoms with Gasteiger partial charge >= 0.3 is 5.97 Å². The molecular weight excluding hydrogens is 873 g/mol. The number of phenols is 3. The summed E-state index contributed by atoms with van der Waals surface area (Å²) >= 11 is 0. The van der Waals surface area contributed by atoms with E-state index in [2.05, 4.69) is 30.6 Å². The molecule has 12 heteroatoms. The number of anilines is 2. The van der Waals surface area contributed by atoms with Crippen molar-refractivity contribution in [3.8, 4) is 28.7 Å². The van der Waals surface area contributed by atoms with Crippen LogP contribution in [0.2, 0.25) is 0 Å². The third-order valence-electron chi connectivity index (χ3n) is 11.7. The van der Waals surface area contributed by atoms with Crippen molar-refractivity contribution in [2.24, 2.45) is 0 Å². The molecule has 6 N–H and O–H groups in total. The maximum Gasteiger partial charge on any atom is 0.338 e. The average Bonchev–Trinajstić information content (AvgIpc) is 3.37. The standard InChI is InChI=1S/C24H33NO4.C18H23NO3.C14H14O3.CH4/c1-4-7-8-11-16-29-24(28)20-13-10-9-12-19(20)23(27)21-15-14-18(17-22(21)26)25(5-2)6-3;1-4-19(5-2)14-8-11-16(17(20)12-14)18(21)13-6-9-15(22-3)10-7-13;1-17-11-7-8-12(13(15)9-11)14(16)10-5-3-2-4-6-10;/h9-10,12-15,17,23,26-27H,4-8,11,16H2,1-3H3;6-12,18,20-21H,4-5H2,1-3H3;2-9,14-16H,1H3;1H4. The minimum Gasteiger partial charge on any atom is -0.507 e. The molecule has 0 spiro atoms. The molecule has 0 aliphatic carbocycles. The van der Waals surface area contributed by atoms with Crippen LogP contribution in [0.25, 0.3) is 0 Å². The number of aliphatic hydroxyl groups is 3. The van der Waals surface area contributed by atoms with Crippen LogP contribution in [0.5, 0.6) is 28.7 Å². The van der Waals surface area contributed by atoms with Gasteiger partial charge in [-0.1, -0.05) is 106 Å². The maximum atomic E-state index is 12.5. The summed E-state index contributed by atoms with van der Waals surface area (Å²) in [5.74, 6) is 0.983. The maximum absolute atomic E-state index is 12.5. The Balaban J connectivity index is 0.000000281. The summed E-state index contributed by atoms with van der Waals surface area (Å²) in [6, 6.07) is 38.7. The Kier molecular flexibility index (Phi) is 24.0. The molecule has 0 saturated heterocycles. The number of carbonyl (C=O) groups excluding carboxylic acids is 1. The van der Waals surface area contributed by atoms with E-state index in [4.69, 9.17) is 14.2 Å². The molecule has 6 rings (SSSR count). The van der Waals surface area contributed by atoms with Crippen LogP contribution >= 0.6 is 0 Å². The monoisotopic (exact) mass is 947 g/mol. The van der Waals surface area contributed by atoms with E-state index >= 15 is 0 Å². The van der Waals surface area contributed by atoms with Crippen molar-refractivity contribution in [3.63, 3.8) is 0 Å². The normalized spacial score (nSPS) is 11.8. The zero-order valence-electron chi connectivity index (χ0n) is 40.5. The number of aliphatic hydroxyl groups excluding tert-OH is 3. The third-order valence-corrected chi connectivity index (χ3v) is 11.7. The molecule has 0 bridgehead atoms. The van der Waals surface area contributed by atoms with E-state index in [1.807, 2.05) is 56.3 Å². The van der Waals surface area contributed by atoms with Gasteiger partial charge in [0.2, 0.25) is 0 Å². The lowest BCUT2D eigenvalue weighted by molar-refractivity contribution is 0.0492. The Morgan fingerprint density at radius 2 is 0.942 bits per heavy atom. The number of ether oxygens (including phenoxy) is 3. The number of aromatic hydroxyl groups is 3. The SMILES string of the molecule is C.CCCCCCOC(=O)c1ccccc1C(O)c1ccc(N(CC)CC)cc1O.CCN(CC)c1ccc(C(O)c2ccc(OC)cc2)c(O)c1.COc1ccc(C(O)c2ccccc2)c(O)c1. The molecule has 0 aromatic heterocycles. The molecule has 0 saturated carbocycles. The first-order valence-electron chi connectivity index (χ1n) is 23.4. The summed E-state index contributed by atoms with van der Waals surface area (Å²) in [5.41, 5.74) is 5.39. The second kappa shape index (κ2) is 29.2. The average molecular weight is 947 g/mol. The second-order valence-corrected chi connectivity index (χ2v) is 15.9. The van der Waals surface area contributed by atoms with E-state index in [0.29, 0.717) is 45.7 Å². The van der Waals surface area contributed by atoms with Gasteiger partial charge < -0.3 is 54.6 Å². The number of hydrogen-bond acceptors (Lipinski definition) is 12. The van der Waals surface area contributed by atoms with Crippen LogP contribution in [0.15, 0.2) is 133 Å². The molecular formula is C57H74N2O10. The fourth-order valence-electron chi connectivity index (χ4n) is 7.62. The Bertz CT molecular complexity index is 2420. The topological polar surface area (TPSA) is 173 Å². The number of benzene rings is 6. The highest BCUT2D eigenvalue weighted by molar-refractivity contribution is 5.91. The largest absolute Gasteiger partial charge is 0.507 e. The van der Waals surface area contributed by atoms with Gasteiger partial charge in [-0.3, -0.25) is 0 Å². The summed E-state index contributed by atoms with van der Waals surface area (Å²) in [4.78, 5) is 16.8. The number of unbranched alkanes of at least 4 members (excludes halogenated alkanes) is 3. The van der Waals surface area contributed by atoms with Crippen molar-refractivity contribution in [1.82, 2.24) is 0 Å². The van der Waals surface area contributed by atoms with Gasteiger partial charge in [0.15, 0.2) is 0 Å². The molecule has 3 atom stereocenters. The summed E-state index contributed by atoms with van der Waals surface area (Å²) in [6.45, 7) is 14.1. The number of hydrogen-bond donors (Lipinski definition) is 6. The van der Waals surface area contributed by atoms with Crippen LogP contribution in [-0.4, -0.2) is 83.6 Å². The minimum absolute atomic E-state index is 0. The van der Waals surface area contributed by atoms with Crippen LogP contribution in [0, 0.1) is 0 Å². The molecule has 0 fully saturated rings. The van der Waals surface area contributed by atoms with Crippen molar-refractivity contribution < 1.29 is 49.6 Å². The number of methoxy groups -OCH3 is 2. The molecule has 0 amide bonds. The van der Waals surface area contributed by atoms with E-state index in [0.717, 1.165) is 74.6 Å². The fraction of sp³-hybridized carbons (Fsp3) is 0.351. The first-order valence-corrected chi connectivity index (χ1v) is 23.4. The van der Waals surface area contributed by atoms with Gasteiger partial charge in [0.05, 0.1) is 26.4 Å².